The van der Waals surface area contributed by atoms with Crippen molar-refractivity contribution in [1.82, 2.24) is 5.09 Å². The average molecular weight is 270 g/mol. The van der Waals surface area contributed by atoms with Gasteiger partial charge >= 0.3 is 17.1 Å². The van der Waals surface area contributed by atoms with E-state index in [-0.39, 0.29) is 6.04 Å². The summed E-state index contributed by atoms with van der Waals surface area (Å²) in [5, 5.41) is 2.36. The van der Waals surface area contributed by atoms with Gasteiger partial charge in [-0.2, -0.15) is 8.42 Å². The van der Waals surface area contributed by atoms with Crippen molar-refractivity contribution in [3.63, 3.8) is 0 Å². The molecule has 3 N–H and O–H groups in total. The molecule has 0 spiro atoms. The monoisotopic (exact) mass is 269 g/mol. The number of nitrogens with one attached hydrogen (secondary N) is 1. The van der Waals surface area contributed by atoms with Crippen molar-refractivity contribution in [1.29, 1.82) is 0 Å². The quantitative estimate of drug-likeness (QED) is 0.394. The molecule has 0 aromatic heterocycles. The second-order valence-corrected chi connectivity index (χ2v) is 6.06. The predicted octanol–water partition coefficient (Wildman–Crippen LogP) is 0.759. The molecule has 0 radical (unpaired) electrons. The Morgan fingerprint density at radius 1 is 1.50 bits per heavy atom. The Hall–Kier alpha value is 0.310. The molecule has 0 aliphatic carbocycles. The fraction of sp³-hybridized carbons (Fsp3) is 1.00. The molecule has 0 bridgehead atoms. The molecular formula is C4H13ClNO6PS. The maximum absolute atomic E-state index is 10.6. The molecule has 0 aromatic carbocycles. The van der Waals surface area contributed by atoms with E-state index in [9.17, 15) is 4.57 Å². The molecular weight excluding hydrogens is 257 g/mol. The van der Waals surface area contributed by atoms with E-state index in [1.54, 1.807) is 13.8 Å². The van der Waals surface area contributed by atoms with Crippen LogP contribution in [0.25, 0.3) is 0 Å². The zero-order valence-electron chi connectivity index (χ0n) is 7.84. The van der Waals surface area contributed by atoms with Gasteiger partial charge in [-0.15, -0.1) is 0 Å². The van der Waals surface area contributed by atoms with E-state index in [1.165, 1.54) is 7.11 Å². The first kappa shape index (κ1) is 16.7. The van der Waals surface area contributed by atoms with E-state index >= 15 is 0 Å². The third kappa shape index (κ3) is 22.8. The Kier molecular flexibility index (Phi) is 8.04. The van der Waals surface area contributed by atoms with E-state index < -0.39 is 17.1 Å². The van der Waals surface area contributed by atoms with Gasteiger partial charge in [-0.25, -0.2) is 9.65 Å². The summed E-state index contributed by atoms with van der Waals surface area (Å²) in [4.78, 5) is 8.72. The summed E-state index contributed by atoms with van der Waals surface area (Å²) >= 11 is 0. The predicted molar refractivity (Wildman–Crippen MR) is 52.5 cm³/mol. The second-order valence-electron chi connectivity index (χ2n) is 2.40. The summed E-state index contributed by atoms with van der Waals surface area (Å²) < 4.78 is 40.0. The van der Waals surface area contributed by atoms with Crippen LogP contribution in [-0.2, 0) is 18.4 Å². The summed E-state index contributed by atoms with van der Waals surface area (Å²) in [5.74, 6) is 0. The molecule has 0 aromatic rings. The molecule has 10 heteroatoms. The molecule has 0 amide bonds. The van der Waals surface area contributed by atoms with E-state index in [0.717, 1.165) is 0 Å². The zero-order valence-corrected chi connectivity index (χ0v) is 10.3. The van der Waals surface area contributed by atoms with E-state index in [4.69, 9.17) is 17.9 Å². The Morgan fingerprint density at radius 2 is 1.79 bits per heavy atom. The minimum absolute atomic E-state index is 0.0409. The molecule has 1 atom stereocenters. The van der Waals surface area contributed by atoms with Gasteiger partial charge in [0.15, 0.2) is 0 Å². The molecule has 88 valence electrons. The van der Waals surface area contributed by atoms with Gasteiger partial charge in [-0.1, -0.05) is 0 Å². The fourth-order valence-corrected chi connectivity index (χ4v) is 1.14. The van der Waals surface area contributed by atoms with Crippen molar-refractivity contribution in [2.24, 2.45) is 0 Å². The van der Waals surface area contributed by atoms with Gasteiger partial charge in [0.05, 0.1) is 0 Å². The highest BCUT2D eigenvalue weighted by Gasteiger charge is 2.16. The Morgan fingerprint density at radius 3 is 1.86 bits per heavy atom. The molecule has 14 heavy (non-hydrogen) atoms. The molecule has 0 fully saturated rings. The van der Waals surface area contributed by atoms with Crippen LogP contribution in [0.3, 0.4) is 0 Å². The molecule has 0 rings (SSSR count). The molecule has 0 saturated heterocycles. The Bertz CT molecular complexity index is 282. The second kappa shape index (κ2) is 6.73. The first-order valence-electron chi connectivity index (χ1n) is 3.31. The van der Waals surface area contributed by atoms with Crippen molar-refractivity contribution in [2.75, 3.05) is 7.11 Å². The minimum Gasteiger partial charge on any atom is -0.312 e. The highest BCUT2D eigenvalue weighted by atomic mass is 35.7. The largest absolute Gasteiger partial charge is 0.402 e. The van der Waals surface area contributed by atoms with Gasteiger partial charge in [0.1, 0.15) is 0 Å². The highest BCUT2D eigenvalue weighted by molar-refractivity contribution is 8.09. The molecule has 7 nitrogen and oxygen atoms in total. The van der Waals surface area contributed by atoms with Gasteiger partial charge in [0.2, 0.25) is 0 Å². The summed E-state index contributed by atoms with van der Waals surface area (Å²) in [6.07, 6.45) is 0. The molecule has 0 saturated carbocycles. The maximum atomic E-state index is 10.6. The van der Waals surface area contributed by atoms with Crippen LogP contribution in [0.5, 0.6) is 0 Å². The Labute approximate surface area is 87.3 Å². The lowest BCUT2D eigenvalue weighted by molar-refractivity contribution is 0.299. The zero-order chi connectivity index (χ0) is 12.0. The van der Waals surface area contributed by atoms with Crippen LogP contribution in [0.1, 0.15) is 13.8 Å². The lowest BCUT2D eigenvalue weighted by Gasteiger charge is -2.12. The van der Waals surface area contributed by atoms with Crippen molar-refractivity contribution in [2.45, 2.75) is 19.9 Å². The van der Waals surface area contributed by atoms with Gasteiger partial charge in [0.25, 0.3) is 0 Å². The molecule has 0 aliphatic heterocycles. The number of hydrogen-bond acceptors (Lipinski definition) is 4. The van der Waals surface area contributed by atoms with Gasteiger partial charge in [0, 0.05) is 23.8 Å². The van der Waals surface area contributed by atoms with Crippen LogP contribution in [0.4, 0.5) is 0 Å². The van der Waals surface area contributed by atoms with Crippen molar-refractivity contribution < 1.29 is 27.0 Å². The van der Waals surface area contributed by atoms with Gasteiger partial charge < -0.3 is 9.42 Å². The number of rotatable bonds is 3. The smallest absolute Gasteiger partial charge is 0.312 e. The van der Waals surface area contributed by atoms with E-state index in [2.05, 4.69) is 20.3 Å². The van der Waals surface area contributed by atoms with Gasteiger partial charge in [-0.05, 0) is 13.8 Å². The number of hydrogen-bond donors (Lipinski definition) is 3. The summed E-state index contributed by atoms with van der Waals surface area (Å²) in [6, 6.07) is -0.0409. The van der Waals surface area contributed by atoms with Crippen LogP contribution in [-0.4, -0.2) is 31.0 Å². The maximum Gasteiger partial charge on any atom is 0.402 e. The summed E-state index contributed by atoms with van der Waals surface area (Å²) in [5.41, 5.74) is 0. The lowest BCUT2D eigenvalue weighted by atomic mass is 10.4. The first-order valence-corrected chi connectivity index (χ1v) is 7.15. The van der Waals surface area contributed by atoms with Crippen LogP contribution in [0.15, 0.2) is 0 Å². The minimum atomic E-state index is -4.19. The van der Waals surface area contributed by atoms with Crippen molar-refractivity contribution in [3.8, 4) is 0 Å². The normalized spacial score (nSPS) is 15.6. The molecule has 1 unspecified atom stereocenters. The third-order valence-corrected chi connectivity index (χ3v) is 2.01. The third-order valence-electron chi connectivity index (χ3n) is 0.669. The lowest BCUT2D eigenvalue weighted by Crippen LogP contribution is -2.19. The van der Waals surface area contributed by atoms with E-state index in [0.29, 0.717) is 0 Å². The SMILES string of the molecule is COP(=O)(O)NC(C)C.O=S(=O)(O)Cl. The topological polar surface area (TPSA) is 113 Å². The van der Waals surface area contributed by atoms with Crippen LogP contribution in [0, 0.1) is 0 Å². The number of halogens is 1. The fourth-order valence-electron chi connectivity index (χ4n) is 0.379. The first-order chi connectivity index (χ1) is 5.98. The highest BCUT2D eigenvalue weighted by Crippen LogP contribution is 2.35. The molecule has 0 aliphatic rings. The van der Waals surface area contributed by atoms with Gasteiger partial charge in [-0.3, -0.25) is 4.55 Å². The van der Waals surface area contributed by atoms with Crippen LogP contribution < -0.4 is 5.09 Å². The summed E-state index contributed by atoms with van der Waals surface area (Å²) in [6.45, 7) is 3.53. The standard InChI is InChI=1S/C4H12NO3P.ClHO3S/c1-4(2)5-9(6,7)8-3;1-5(2,3)4/h4H,1-3H3,(H2,5,6,7);(H,2,3,4). The van der Waals surface area contributed by atoms with Crippen LogP contribution >= 0.6 is 18.4 Å². The summed E-state index contributed by atoms with van der Waals surface area (Å²) in [7, 11) is -2.43. The average Bonchev–Trinajstić information content (AvgIpc) is 1.80. The van der Waals surface area contributed by atoms with Crippen molar-refractivity contribution >= 4 is 27.8 Å². The van der Waals surface area contributed by atoms with Crippen molar-refractivity contribution in [3.05, 3.63) is 0 Å². The molecule has 0 heterocycles. The van der Waals surface area contributed by atoms with Crippen LogP contribution in [0.2, 0.25) is 0 Å². The van der Waals surface area contributed by atoms with E-state index in [1.807, 2.05) is 0 Å². The Balaban J connectivity index is 0.